The molecule has 1 unspecified atom stereocenters. The molecule has 2 N–H and O–H groups in total. The SMILES string of the molecule is Cc1cccc(C2(C)C[C@@H](N)c3ccccc3O2)c1. The van der Waals surface area contributed by atoms with Gasteiger partial charge in [0, 0.05) is 18.0 Å². The molecule has 0 bridgehead atoms. The summed E-state index contributed by atoms with van der Waals surface area (Å²) in [6, 6.07) is 16.6. The predicted octanol–water partition coefficient (Wildman–Crippen LogP) is 3.69. The zero-order valence-corrected chi connectivity index (χ0v) is 11.4. The van der Waals surface area contributed by atoms with E-state index in [0.717, 1.165) is 17.7 Å². The maximum atomic E-state index is 6.32. The summed E-state index contributed by atoms with van der Waals surface area (Å²) in [6.45, 7) is 4.22. The van der Waals surface area contributed by atoms with Gasteiger partial charge in [0.15, 0.2) is 0 Å². The highest BCUT2D eigenvalue weighted by Gasteiger charge is 2.37. The van der Waals surface area contributed by atoms with E-state index < -0.39 is 0 Å². The van der Waals surface area contributed by atoms with E-state index in [2.05, 4.69) is 44.2 Å². The molecule has 0 aromatic heterocycles. The molecular formula is C17H19NO. The van der Waals surface area contributed by atoms with Crippen LogP contribution < -0.4 is 10.5 Å². The second-order valence-electron chi connectivity index (χ2n) is 5.55. The molecule has 2 nitrogen and oxygen atoms in total. The van der Waals surface area contributed by atoms with Crippen LogP contribution in [0.25, 0.3) is 0 Å². The quantitative estimate of drug-likeness (QED) is 0.841. The van der Waals surface area contributed by atoms with Crippen LogP contribution in [0.1, 0.15) is 36.1 Å². The van der Waals surface area contributed by atoms with Crippen LogP contribution in [-0.2, 0) is 5.60 Å². The van der Waals surface area contributed by atoms with Crippen molar-refractivity contribution in [2.24, 2.45) is 5.73 Å². The van der Waals surface area contributed by atoms with Crippen LogP contribution in [0, 0.1) is 6.92 Å². The summed E-state index contributed by atoms with van der Waals surface area (Å²) in [5, 5.41) is 0. The summed E-state index contributed by atoms with van der Waals surface area (Å²) in [5.41, 5.74) is 9.51. The normalized spacial score (nSPS) is 25.5. The highest BCUT2D eigenvalue weighted by atomic mass is 16.5. The zero-order chi connectivity index (χ0) is 13.5. The van der Waals surface area contributed by atoms with Crippen molar-refractivity contribution in [3.8, 4) is 5.75 Å². The summed E-state index contributed by atoms with van der Waals surface area (Å²) >= 11 is 0. The number of rotatable bonds is 1. The van der Waals surface area contributed by atoms with Gasteiger partial charge >= 0.3 is 0 Å². The Hall–Kier alpha value is -1.80. The first kappa shape index (κ1) is 12.2. The first-order chi connectivity index (χ1) is 9.08. The van der Waals surface area contributed by atoms with Crippen LogP contribution in [0.3, 0.4) is 0 Å². The van der Waals surface area contributed by atoms with Gasteiger partial charge in [-0.2, -0.15) is 0 Å². The smallest absolute Gasteiger partial charge is 0.133 e. The Morgan fingerprint density at radius 1 is 1.16 bits per heavy atom. The number of ether oxygens (including phenoxy) is 1. The van der Waals surface area contributed by atoms with E-state index in [1.807, 2.05) is 18.2 Å². The van der Waals surface area contributed by atoms with E-state index in [0.29, 0.717) is 0 Å². The summed E-state index contributed by atoms with van der Waals surface area (Å²) in [6.07, 6.45) is 0.799. The van der Waals surface area contributed by atoms with E-state index in [9.17, 15) is 0 Å². The highest BCUT2D eigenvalue weighted by molar-refractivity contribution is 5.41. The summed E-state index contributed by atoms with van der Waals surface area (Å²) in [4.78, 5) is 0. The van der Waals surface area contributed by atoms with Crippen molar-refractivity contribution in [3.05, 3.63) is 65.2 Å². The molecule has 3 rings (SSSR count). The standard InChI is InChI=1S/C17H19NO/c1-12-6-5-7-13(10-12)17(2)11-15(18)14-8-3-4-9-16(14)19-17/h3-10,15H,11,18H2,1-2H3/t15-,17?/m1/s1. The average molecular weight is 253 g/mol. The topological polar surface area (TPSA) is 35.2 Å². The number of hydrogen-bond donors (Lipinski definition) is 1. The Labute approximate surface area is 114 Å². The molecular weight excluding hydrogens is 234 g/mol. The summed E-state index contributed by atoms with van der Waals surface area (Å²) in [5.74, 6) is 0.908. The summed E-state index contributed by atoms with van der Waals surface area (Å²) < 4.78 is 6.25. The van der Waals surface area contributed by atoms with Crippen LogP contribution in [0.5, 0.6) is 5.75 Å². The van der Waals surface area contributed by atoms with Crippen molar-refractivity contribution in [2.75, 3.05) is 0 Å². The summed E-state index contributed by atoms with van der Waals surface area (Å²) in [7, 11) is 0. The fourth-order valence-electron chi connectivity index (χ4n) is 2.84. The van der Waals surface area contributed by atoms with Crippen molar-refractivity contribution >= 4 is 0 Å². The second-order valence-corrected chi connectivity index (χ2v) is 5.55. The predicted molar refractivity (Wildman–Crippen MR) is 77.1 cm³/mol. The van der Waals surface area contributed by atoms with Crippen LogP contribution in [0.15, 0.2) is 48.5 Å². The molecule has 0 amide bonds. The molecule has 0 saturated heterocycles. The third-order valence-corrected chi connectivity index (χ3v) is 3.89. The lowest BCUT2D eigenvalue weighted by atomic mass is 9.83. The Bertz CT molecular complexity index is 608. The molecule has 2 atom stereocenters. The van der Waals surface area contributed by atoms with Gasteiger partial charge in [-0.05, 0) is 25.5 Å². The highest BCUT2D eigenvalue weighted by Crippen LogP contribution is 2.43. The van der Waals surface area contributed by atoms with Crippen molar-refractivity contribution < 1.29 is 4.74 Å². The molecule has 1 aliphatic heterocycles. The van der Waals surface area contributed by atoms with Gasteiger partial charge in [0.05, 0.1) is 0 Å². The van der Waals surface area contributed by atoms with E-state index in [-0.39, 0.29) is 11.6 Å². The van der Waals surface area contributed by atoms with E-state index >= 15 is 0 Å². The number of benzene rings is 2. The van der Waals surface area contributed by atoms with Crippen LogP contribution in [0.2, 0.25) is 0 Å². The lowest BCUT2D eigenvalue weighted by Crippen LogP contribution is -2.38. The van der Waals surface area contributed by atoms with Gasteiger partial charge in [0.1, 0.15) is 11.4 Å². The fourth-order valence-corrected chi connectivity index (χ4v) is 2.84. The van der Waals surface area contributed by atoms with Crippen molar-refractivity contribution in [1.29, 1.82) is 0 Å². The van der Waals surface area contributed by atoms with Gasteiger partial charge in [0.25, 0.3) is 0 Å². The molecule has 1 heterocycles. The van der Waals surface area contributed by atoms with Gasteiger partial charge in [-0.25, -0.2) is 0 Å². The molecule has 2 heteroatoms. The molecule has 2 aromatic rings. The van der Waals surface area contributed by atoms with Gasteiger partial charge in [-0.3, -0.25) is 0 Å². The van der Waals surface area contributed by atoms with Gasteiger partial charge in [-0.1, -0.05) is 48.0 Å². The minimum absolute atomic E-state index is 0.0236. The molecule has 19 heavy (non-hydrogen) atoms. The maximum absolute atomic E-state index is 6.32. The van der Waals surface area contributed by atoms with Crippen LogP contribution in [0.4, 0.5) is 0 Å². The molecule has 1 aliphatic rings. The van der Waals surface area contributed by atoms with E-state index in [1.165, 1.54) is 11.1 Å². The Balaban J connectivity index is 2.04. The lowest BCUT2D eigenvalue weighted by Gasteiger charge is -2.39. The number of nitrogens with two attached hydrogens (primary N) is 1. The molecule has 0 aliphatic carbocycles. The zero-order valence-electron chi connectivity index (χ0n) is 11.4. The molecule has 2 aromatic carbocycles. The van der Waals surface area contributed by atoms with Gasteiger partial charge < -0.3 is 10.5 Å². The monoisotopic (exact) mass is 253 g/mol. The Morgan fingerprint density at radius 3 is 2.74 bits per heavy atom. The Kier molecular flexibility index (Phi) is 2.83. The second kappa shape index (κ2) is 4.39. The molecule has 0 spiro atoms. The lowest BCUT2D eigenvalue weighted by molar-refractivity contribution is 0.0511. The largest absolute Gasteiger partial charge is 0.482 e. The average Bonchev–Trinajstić information content (AvgIpc) is 2.38. The third kappa shape index (κ3) is 2.13. The minimum atomic E-state index is -0.347. The first-order valence-electron chi connectivity index (χ1n) is 6.69. The minimum Gasteiger partial charge on any atom is -0.482 e. The molecule has 0 saturated carbocycles. The fraction of sp³-hybridized carbons (Fsp3) is 0.294. The Morgan fingerprint density at radius 2 is 1.95 bits per heavy atom. The van der Waals surface area contributed by atoms with Crippen LogP contribution >= 0.6 is 0 Å². The van der Waals surface area contributed by atoms with Gasteiger partial charge in [-0.15, -0.1) is 0 Å². The van der Waals surface area contributed by atoms with Gasteiger partial charge in [0.2, 0.25) is 0 Å². The maximum Gasteiger partial charge on any atom is 0.133 e. The molecule has 0 fully saturated rings. The molecule has 0 radical (unpaired) electrons. The van der Waals surface area contributed by atoms with E-state index in [4.69, 9.17) is 10.5 Å². The van der Waals surface area contributed by atoms with Crippen molar-refractivity contribution in [2.45, 2.75) is 31.9 Å². The van der Waals surface area contributed by atoms with Crippen molar-refractivity contribution in [3.63, 3.8) is 0 Å². The van der Waals surface area contributed by atoms with Crippen molar-refractivity contribution in [1.82, 2.24) is 0 Å². The van der Waals surface area contributed by atoms with Crippen LogP contribution in [-0.4, -0.2) is 0 Å². The number of aryl methyl sites for hydroxylation is 1. The first-order valence-corrected chi connectivity index (χ1v) is 6.69. The third-order valence-electron chi connectivity index (χ3n) is 3.89. The van der Waals surface area contributed by atoms with E-state index in [1.54, 1.807) is 0 Å². The number of fused-ring (bicyclic) bond motifs is 1. The number of para-hydroxylation sites is 1. The number of hydrogen-bond acceptors (Lipinski definition) is 2. The molecule has 98 valence electrons.